The van der Waals surface area contributed by atoms with Gasteiger partial charge in [0.1, 0.15) is 12.3 Å². The van der Waals surface area contributed by atoms with Crippen molar-refractivity contribution < 1.29 is 19.2 Å². The quantitative estimate of drug-likeness (QED) is 0.213. The molecule has 1 unspecified atom stereocenters. The Bertz CT molecular complexity index is 1150. The summed E-state index contributed by atoms with van der Waals surface area (Å²) in [4.78, 5) is 39.7. The Labute approximate surface area is 187 Å². The van der Waals surface area contributed by atoms with E-state index in [0.29, 0.717) is 11.3 Å². The number of nitro benzene ring substituents is 1. The molecule has 0 radical (unpaired) electrons. The molecule has 0 spiro atoms. The number of carbonyl (C=O) groups is 2. The lowest BCUT2D eigenvalue weighted by atomic mass is 9.99. The highest BCUT2D eigenvalue weighted by molar-refractivity contribution is 7.14. The highest BCUT2D eigenvalue weighted by atomic mass is 32.1. The van der Waals surface area contributed by atoms with Crippen molar-refractivity contribution in [1.82, 2.24) is 4.98 Å². The predicted octanol–water partition coefficient (Wildman–Crippen LogP) is 4.45. The second kappa shape index (κ2) is 10.4. The van der Waals surface area contributed by atoms with E-state index in [2.05, 4.69) is 10.3 Å². The topological polar surface area (TPSA) is 135 Å². The zero-order valence-electron chi connectivity index (χ0n) is 17.1. The Morgan fingerprint density at radius 3 is 2.66 bits per heavy atom. The predicted molar refractivity (Wildman–Crippen MR) is 121 cm³/mol. The summed E-state index contributed by atoms with van der Waals surface area (Å²) in [6.07, 6.45) is 0.230. The third kappa shape index (κ3) is 5.61. The van der Waals surface area contributed by atoms with Gasteiger partial charge >= 0.3 is 5.97 Å². The molecule has 1 amide bonds. The highest BCUT2D eigenvalue weighted by Gasteiger charge is 2.28. The normalized spacial score (nSPS) is 11.4. The van der Waals surface area contributed by atoms with Gasteiger partial charge in [0, 0.05) is 23.1 Å². The van der Waals surface area contributed by atoms with Gasteiger partial charge in [0.2, 0.25) is 5.91 Å². The first-order valence-corrected chi connectivity index (χ1v) is 10.6. The van der Waals surface area contributed by atoms with Gasteiger partial charge in [-0.2, -0.15) is 0 Å². The van der Waals surface area contributed by atoms with Crippen LogP contribution in [-0.4, -0.2) is 27.5 Å². The number of hydrogen-bond donors (Lipinski definition) is 2. The standard InChI is InChI=1S/C22H20N4O5S/c1-2-17(19(23)21(28)31-12-14-7-4-3-5-8-14)20(27)25-22-24-18(13-32-22)15-9-6-10-16(11-15)26(29)30/h3-11,13,17,23H,2,12H2,1H3,(H,24,25,27). The molecular weight excluding hydrogens is 432 g/mol. The summed E-state index contributed by atoms with van der Waals surface area (Å²) >= 11 is 1.14. The van der Waals surface area contributed by atoms with Crippen LogP contribution in [0.4, 0.5) is 10.8 Å². The lowest BCUT2D eigenvalue weighted by Gasteiger charge is -2.14. The average molecular weight is 452 g/mol. The van der Waals surface area contributed by atoms with Gasteiger partial charge in [0.25, 0.3) is 5.69 Å². The molecule has 0 aliphatic carbocycles. The van der Waals surface area contributed by atoms with E-state index >= 15 is 0 Å². The van der Waals surface area contributed by atoms with Crippen molar-refractivity contribution in [3.63, 3.8) is 0 Å². The maximum Gasteiger partial charge on any atom is 0.353 e. The van der Waals surface area contributed by atoms with Crippen LogP contribution in [0, 0.1) is 21.4 Å². The van der Waals surface area contributed by atoms with Gasteiger partial charge in [0.15, 0.2) is 5.13 Å². The summed E-state index contributed by atoms with van der Waals surface area (Å²) in [5.41, 5.74) is 1.30. The second-order valence-electron chi connectivity index (χ2n) is 6.77. The van der Waals surface area contributed by atoms with Crippen LogP contribution in [0.1, 0.15) is 18.9 Å². The SMILES string of the molecule is CCC(C(=N)C(=O)OCc1ccccc1)C(=O)Nc1nc(-c2cccc([N+](=O)[O-])c2)cs1. The molecule has 0 bridgehead atoms. The van der Waals surface area contributed by atoms with E-state index in [1.165, 1.54) is 12.1 Å². The Kier molecular flexibility index (Phi) is 7.40. The van der Waals surface area contributed by atoms with Gasteiger partial charge < -0.3 is 10.1 Å². The summed E-state index contributed by atoms with van der Waals surface area (Å²) < 4.78 is 5.15. The van der Waals surface area contributed by atoms with E-state index < -0.39 is 28.4 Å². The number of nitro groups is 1. The van der Waals surface area contributed by atoms with Crippen LogP contribution in [0.25, 0.3) is 11.3 Å². The smallest absolute Gasteiger partial charge is 0.353 e. The number of carbonyl (C=O) groups excluding carboxylic acids is 2. The zero-order valence-corrected chi connectivity index (χ0v) is 17.9. The molecule has 0 saturated heterocycles. The molecule has 0 fully saturated rings. The molecule has 3 rings (SSSR count). The van der Waals surface area contributed by atoms with E-state index in [9.17, 15) is 19.7 Å². The zero-order chi connectivity index (χ0) is 23.1. The lowest BCUT2D eigenvalue weighted by Crippen LogP contribution is -2.34. The minimum atomic E-state index is -0.997. The second-order valence-corrected chi connectivity index (χ2v) is 7.63. The molecule has 1 heterocycles. The summed E-state index contributed by atoms with van der Waals surface area (Å²) in [5.74, 6) is -2.40. The van der Waals surface area contributed by atoms with E-state index in [4.69, 9.17) is 10.1 Å². The van der Waals surface area contributed by atoms with Crippen molar-refractivity contribution in [3.05, 3.63) is 75.7 Å². The minimum absolute atomic E-state index is 0.0131. The third-order valence-corrected chi connectivity index (χ3v) is 5.35. The maximum absolute atomic E-state index is 12.7. The molecule has 164 valence electrons. The van der Waals surface area contributed by atoms with Crippen LogP contribution < -0.4 is 5.32 Å². The van der Waals surface area contributed by atoms with E-state index in [-0.39, 0.29) is 23.8 Å². The lowest BCUT2D eigenvalue weighted by molar-refractivity contribution is -0.384. The fraction of sp³-hybridized carbons (Fsp3) is 0.182. The Hall–Kier alpha value is -3.92. The van der Waals surface area contributed by atoms with Gasteiger partial charge in [-0.1, -0.05) is 49.4 Å². The molecular formula is C22H20N4O5S. The monoisotopic (exact) mass is 452 g/mol. The molecule has 1 aromatic heterocycles. The molecule has 2 N–H and O–H groups in total. The van der Waals surface area contributed by atoms with Crippen LogP contribution in [0.3, 0.4) is 0 Å². The number of hydrogen-bond acceptors (Lipinski definition) is 8. The average Bonchev–Trinajstić information content (AvgIpc) is 3.27. The molecule has 3 aromatic rings. The number of ether oxygens (including phenoxy) is 1. The first kappa shape index (κ1) is 22.8. The Balaban J connectivity index is 1.63. The van der Waals surface area contributed by atoms with E-state index in [0.717, 1.165) is 16.9 Å². The van der Waals surface area contributed by atoms with Gasteiger partial charge in [-0.25, -0.2) is 9.78 Å². The number of amides is 1. The first-order chi connectivity index (χ1) is 15.4. The molecule has 2 aromatic carbocycles. The number of aromatic nitrogens is 1. The molecule has 0 aliphatic heterocycles. The number of nitrogens with zero attached hydrogens (tertiary/aromatic N) is 2. The molecule has 0 saturated carbocycles. The summed E-state index contributed by atoms with van der Waals surface area (Å²) in [7, 11) is 0. The number of nitrogens with one attached hydrogen (secondary N) is 2. The van der Waals surface area contributed by atoms with Crippen LogP contribution >= 0.6 is 11.3 Å². The van der Waals surface area contributed by atoms with Crippen LogP contribution in [0.5, 0.6) is 0 Å². The summed E-state index contributed by atoms with van der Waals surface area (Å²) in [6, 6.07) is 15.1. The fourth-order valence-electron chi connectivity index (χ4n) is 2.90. The molecule has 9 nitrogen and oxygen atoms in total. The number of non-ortho nitro benzene ring substituents is 1. The Morgan fingerprint density at radius 2 is 1.97 bits per heavy atom. The van der Waals surface area contributed by atoms with E-state index in [1.807, 2.05) is 18.2 Å². The van der Waals surface area contributed by atoms with Gasteiger partial charge in [-0.3, -0.25) is 20.3 Å². The summed E-state index contributed by atoms with van der Waals surface area (Å²) in [5, 5.41) is 23.6. The van der Waals surface area contributed by atoms with Crippen molar-refractivity contribution in [2.75, 3.05) is 5.32 Å². The first-order valence-electron chi connectivity index (χ1n) is 9.69. The Morgan fingerprint density at radius 1 is 1.22 bits per heavy atom. The summed E-state index contributed by atoms with van der Waals surface area (Å²) in [6.45, 7) is 1.71. The van der Waals surface area contributed by atoms with Crippen LogP contribution in [-0.2, 0) is 20.9 Å². The number of rotatable bonds is 9. The van der Waals surface area contributed by atoms with Crippen LogP contribution in [0.15, 0.2) is 60.0 Å². The van der Waals surface area contributed by atoms with Crippen molar-refractivity contribution in [1.29, 1.82) is 5.41 Å². The minimum Gasteiger partial charge on any atom is -0.456 e. The molecule has 1 atom stereocenters. The van der Waals surface area contributed by atoms with Crippen molar-refractivity contribution in [2.24, 2.45) is 5.92 Å². The van der Waals surface area contributed by atoms with Crippen LogP contribution in [0.2, 0.25) is 0 Å². The maximum atomic E-state index is 12.7. The van der Waals surface area contributed by atoms with Crippen molar-refractivity contribution in [2.45, 2.75) is 20.0 Å². The molecule has 10 heteroatoms. The number of anilines is 1. The highest BCUT2D eigenvalue weighted by Crippen LogP contribution is 2.28. The molecule has 32 heavy (non-hydrogen) atoms. The molecule has 0 aliphatic rings. The van der Waals surface area contributed by atoms with Crippen molar-refractivity contribution >= 4 is 39.7 Å². The number of thiazole rings is 1. The number of benzene rings is 2. The third-order valence-electron chi connectivity index (χ3n) is 4.59. The van der Waals surface area contributed by atoms with Gasteiger partial charge in [0.05, 0.1) is 16.5 Å². The largest absolute Gasteiger partial charge is 0.456 e. The van der Waals surface area contributed by atoms with E-state index in [1.54, 1.807) is 36.6 Å². The van der Waals surface area contributed by atoms with Gasteiger partial charge in [-0.15, -0.1) is 11.3 Å². The number of esters is 1. The van der Waals surface area contributed by atoms with Crippen molar-refractivity contribution in [3.8, 4) is 11.3 Å². The van der Waals surface area contributed by atoms with Gasteiger partial charge in [-0.05, 0) is 12.0 Å². The fourth-order valence-corrected chi connectivity index (χ4v) is 3.62.